The molecule has 1 N–H and O–H groups in total. The third kappa shape index (κ3) is 4.80. The molecular formula is C17H28N2O. The highest BCUT2D eigenvalue weighted by Gasteiger charge is 2.16. The largest absolute Gasteiger partial charge is 0.497 e. The molecule has 0 aromatic heterocycles. The van der Waals surface area contributed by atoms with Gasteiger partial charge in [0.2, 0.25) is 0 Å². The lowest BCUT2D eigenvalue weighted by Crippen LogP contribution is -2.43. The Morgan fingerprint density at radius 2 is 1.70 bits per heavy atom. The molecule has 1 aliphatic heterocycles. The average Bonchev–Trinajstić information content (AvgIpc) is 2.43. The summed E-state index contributed by atoms with van der Waals surface area (Å²) in [5, 5.41) is 3.55. The van der Waals surface area contributed by atoms with Crippen molar-refractivity contribution in [2.75, 3.05) is 39.8 Å². The van der Waals surface area contributed by atoms with Crippen molar-refractivity contribution in [1.82, 2.24) is 10.2 Å². The molecule has 3 nitrogen and oxygen atoms in total. The summed E-state index contributed by atoms with van der Waals surface area (Å²) in [5.41, 5.74) is 1.39. The summed E-state index contributed by atoms with van der Waals surface area (Å²) in [6.45, 7) is 10.5. The van der Waals surface area contributed by atoms with Crippen LogP contribution in [0.25, 0.3) is 0 Å². The third-order valence-corrected chi connectivity index (χ3v) is 4.00. The summed E-state index contributed by atoms with van der Waals surface area (Å²) in [5.74, 6) is 2.41. The van der Waals surface area contributed by atoms with Crippen molar-refractivity contribution in [1.29, 1.82) is 0 Å². The van der Waals surface area contributed by atoms with E-state index in [0.29, 0.717) is 0 Å². The van der Waals surface area contributed by atoms with Crippen molar-refractivity contribution >= 4 is 0 Å². The number of ether oxygens (including phenoxy) is 1. The van der Waals surface area contributed by atoms with Gasteiger partial charge in [0.15, 0.2) is 0 Å². The second-order valence-corrected chi connectivity index (χ2v) is 6.23. The van der Waals surface area contributed by atoms with Gasteiger partial charge >= 0.3 is 0 Å². The van der Waals surface area contributed by atoms with E-state index in [2.05, 4.69) is 48.3 Å². The van der Waals surface area contributed by atoms with Crippen LogP contribution in [-0.4, -0.2) is 44.7 Å². The predicted molar refractivity (Wildman–Crippen MR) is 84.3 cm³/mol. The maximum atomic E-state index is 5.20. The maximum absolute atomic E-state index is 5.20. The van der Waals surface area contributed by atoms with Gasteiger partial charge in [-0.25, -0.2) is 0 Å². The molecule has 0 bridgehead atoms. The van der Waals surface area contributed by atoms with Gasteiger partial charge < -0.3 is 15.0 Å². The Hall–Kier alpha value is -1.06. The summed E-state index contributed by atoms with van der Waals surface area (Å²) in [6.07, 6.45) is 1.12. The van der Waals surface area contributed by atoms with Crippen LogP contribution in [0.3, 0.4) is 0 Å². The molecule has 20 heavy (non-hydrogen) atoms. The molecule has 1 fully saturated rings. The van der Waals surface area contributed by atoms with Crippen LogP contribution in [0, 0.1) is 11.8 Å². The van der Waals surface area contributed by atoms with Crippen LogP contribution in [0.4, 0.5) is 0 Å². The van der Waals surface area contributed by atoms with Crippen molar-refractivity contribution in [3.8, 4) is 5.75 Å². The molecule has 0 radical (unpaired) electrons. The quantitative estimate of drug-likeness (QED) is 0.914. The second-order valence-electron chi connectivity index (χ2n) is 6.23. The Bertz CT molecular complexity index is 378. The fourth-order valence-electron chi connectivity index (χ4n) is 2.92. The highest BCUT2D eigenvalue weighted by molar-refractivity contribution is 5.27. The first-order chi connectivity index (χ1) is 9.67. The minimum Gasteiger partial charge on any atom is -0.497 e. The average molecular weight is 276 g/mol. The number of nitrogens with one attached hydrogen (secondary N) is 1. The van der Waals surface area contributed by atoms with Gasteiger partial charge in [0.25, 0.3) is 0 Å². The standard InChI is InChI=1S/C17H28N2O/c1-14-10-18-11-15(2)13-19(12-14)9-8-16-4-6-17(20-3)7-5-16/h4-7,14-15,18H,8-13H2,1-3H3. The zero-order chi connectivity index (χ0) is 14.4. The molecule has 1 aromatic rings. The first kappa shape index (κ1) is 15.3. The van der Waals surface area contributed by atoms with Gasteiger partial charge in [-0.15, -0.1) is 0 Å². The van der Waals surface area contributed by atoms with Gasteiger partial charge in [-0.05, 0) is 49.0 Å². The molecule has 2 rings (SSSR count). The fraction of sp³-hybridized carbons (Fsp3) is 0.647. The lowest BCUT2D eigenvalue weighted by atomic mass is 10.0. The normalized spacial score (nSPS) is 24.9. The van der Waals surface area contributed by atoms with E-state index < -0.39 is 0 Å². The maximum Gasteiger partial charge on any atom is 0.118 e. The molecule has 2 atom stereocenters. The van der Waals surface area contributed by atoms with Gasteiger partial charge in [-0.1, -0.05) is 26.0 Å². The summed E-state index contributed by atoms with van der Waals surface area (Å²) >= 11 is 0. The van der Waals surface area contributed by atoms with Crippen molar-refractivity contribution < 1.29 is 4.74 Å². The van der Waals surface area contributed by atoms with E-state index >= 15 is 0 Å². The van der Waals surface area contributed by atoms with Crippen LogP contribution in [0.5, 0.6) is 5.75 Å². The second kappa shape index (κ2) is 7.65. The van der Waals surface area contributed by atoms with E-state index in [-0.39, 0.29) is 0 Å². The number of rotatable bonds is 4. The Labute approximate surface area is 123 Å². The van der Waals surface area contributed by atoms with Gasteiger partial charge in [-0.3, -0.25) is 0 Å². The summed E-state index contributed by atoms with van der Waals surface area (Å²) in [6, 6.07) is 8.46. The van der Waals surface area contributed by atoms with Crippen molar-refractivity contribution in [3.05, 3.63) is 29.8 Å². The fourth-order valence-corrected chi connectivity index (χ4v) is 2.92. The van der Waals surface area contributed by atoms with E-state index in [9.17, 15) is 0 Å². The van der Waals surface area contributed by atoms with E-state index in [1.807, 2.05) is 0 Å². The SMILES string of the molecule is COc1ccc(CCN2CC(C)CNCC(C)C2)cc1. The van der Waals surface area contributed by atoms with Gasteiger partial charge in [-0.2, -0.15) is 0 Å². The minimum atomic E-state index is 0.735. The van der Waals surface area contributed by atoms with Crippen LogP contribution in [0.1, 0.15) is 19.4 Å². The van der Waals surface area contributed by atoms with Crippen LogP contribution in [0.15, 0.2) is 24.3 Å². The molecule has 0 saturated carbocycles. The zero-order valence-corrected chi connectivity index (χ0v) is 13.1. The highest BCUT2D eigenvalue weighted by Crippen LogP contribution is 2.13. The lowest BCUT2D eigenvalue weighted by Gasteiger charge is -2.31. The van der Waals surface area contributed by atoms with E-state index in [4.69, 9.17) is 4.74 Å². The third-order valence-electron chi connectivity index (χ3n) is 4.00. The molecule has 2 unspecified atom stereocenters. The van der Waals surface area contributed by atoms with Crippen LogP contribution in [0.2, 0.25) is 0 Å². The molecule has 0 amide bonds. The molecular weight excluding hydrogens is 248 g/mol. The highest BCUT2D eigenvalue weighted by atomic mass is 16.5. The monoisotopic (exact) mass is 276 g/mol. The van der Waals surface area contributed by atoms with Gasteiger partial charge in [0.05, 0.1) is 7.11 Å². The molecule has 0 spiro atoms. The molecule has 1 saturated heterocycles. The lowest BCUT2D eigenvalue weighted by molar-refractivity contribution is 0.187. The first-order valence-corrected chi connectivity index (χ1v) is 7.73. The molecule has 1 heterocycles. The molecule has 1 aromatic carbocycles. The van der Waals surface area contributed by atoms with Crippen molar-refractivity contribution in [2.24, 2.45) is 11.8 Å². The van der Waals surface area contributed by atoms with E-state index in [1.165, 1.54) is 18.7 Å². The summed E-state index contributed by atoms with van der Waals surface area (Å²) in [7, 11) is 1.71. The first-order valence-electron chi connectivity index (χ1n) is 7.73. The Kier molecular flexibility index (Phi) is 5.86. The minimum absolute atomic E-state index is 0.735. The molecule has 112 valence electrons. The predicted octanol–water partition coefficient (Wildman–Crippen LogP) is 2.42. The molecule has 3 heteroatoms. The molecule has 1 aliphatic rings. The van der Waals surface area contributed by atoms with E-state index in [1.54, 1.807) is 7.11 Å². The van der Waals surface area contributed by atoms with Crippen LogP contribution < -0.4 is 10.1 Å². The number of hydrogen-bond donors (Lipinski definition) is 1. The smallest absolute Gasteiger partial charge is 0.118 e. The summed E-state index contributed by atoms with van der Waals surface area (Å²) in [4.78, 5) is 2.63. The molecule has 0 aliphatic carbocycles. The van der Waals surface area contributed by atoms with Crippen molar-refractivity contribution in [3.63, 3.8) is 0 Å². The number of hydrogen-bond acceptors (Lipinski definition) is 3. The zero-order valence-electron chi connectivity index (χ0n) is 13.1. The number of nitrogens with zero attached hydrogens (tertiary/aromatic N) is 1. The number of benzene rings is 1. The Morgan fingerprint density at radius 3 is 2.25 bits per heavy atom. The number of methoxy groups -OCH3 is 1. The van der Waals surface area contributed by atoms with Gasteiger partial charge in [0, 0.05) is 19.6 Å². The van der Waals surface area contributed by atoms with Crippen LogP contribution >= 0.6 is 0 Å². The topological polar surface area (TPSA) is 24.5 Å². The summed E-state index contributed by atoms with van der Waals surface area (Å²) < 4.78 is 5.20. The van der Waals surface area contributed by atoms with Gasteiger partial charge in [0.1, 0.15) is 5.75 Å². The van der Waals surface area contributed by atoms with Crippen LogP contribution in [-0.2, 0) is 6.42 Å². The van der Waals surface area contributed by atoms with E-state index in [0.717, 1.165) is 43.6 Å². The Balaban J connectivity index is 1.86. The Morgan fingerprint density at radius 1 is 1.10 bits per heavy atom. The van der Waals surface area contributed by atoms with Crippen molar-refractivity contribution in [2.45, 2.75) is 20.3 Å².